The second-order valence-corrected chi connectivity index (χ2v) is 7.29. The van der Waals surface area contributed by atoms with Gasteiger partial charge in [0.2, 0.25) is 0 Å². The van der Waals surface area contributed by atoms with Crippen LogP contribution in [-0.4, -0.2) is 26.9 Å². The van der Waals surface area contributed by atoms with Gasteiger partial charge in [-0.2, -0.15) is 5.10 Å². The Morgan fingerprint density at radius 3 is 2.44 bits per heavy atom. The molecule has 4 aromatic rings. The van der Waals surface area contributed by atoms with E-state index in [9.17, 15) is 24.5 Å². The van der Waals surface area contributed by atoms with Gasteiger partial charge in [-0.05, 0) is 29.8 Å². The summed E-state index contributed by atoms with van der Waals surface area (Å²) in [7, 11) is 0. The van der Waals surface area contributed by atoms with Crippen molar-refractivity contribution < 1.29 is 14.5 Å². The fourth-order valence-electron chi connectivity index (χ4n) is 3.96. The van der Waals surface area contributed by atoms with Crippen LogP contribution in [0.2, 0.25) is 0 Å². The third-order valence-corrected chi connectivity index (χ3v) is 5.40. The van der Waals surface area contributed by atoms with Gasteiger partial charge in [-0.25, -0.2) is 10.00 Å². The number of amides is 2. The second-order valence-electron chi connectivity index (χ2n) is 7.29. The number of hydrogen-bond donors (Lipinski definition) is 1. The quantitative estimate of drug-likeness (QED) is 0.303. The molecule has 0 saturated carbocycles. The van der Waals surface area contributed by atoms with E-state index in [1.54, 1.807) is 36.4 Å². The van der Waals surface area contributed by atoms with Crippen LogP contribution in [0.1, 0.15) is 32.0 Å². The van der Waals surface area contributed by atoms with Crippen molar-refractivity contribution in [1.82, 2.24) is 10.2 Å². The second kappa shape index (κ2) is 7.24. The zero-order chi connectivity index (χ0) is 22.4. The van der Waals surface area contributed by atoms with E-state index in [4.69, 9.17) is 0 Å². The number of anilines is 1. The Kier molecular flexibility index (Phi) is 4.37. The molecule has 0 aliphatic carbocycles. The van der Waals surface area contributed by atoms with Crippen LogP contribution >= 0.6 is 0 Å². The number of rotatable bonds is 4. The zero-order valence-electron chi connectivity index (χ0n) is 16.4. The summed E-state index contributed by atoms with van der Waals surface area (Å²) in [6, 6.07) is 17.8. The van der Waals surface area contributed by atoms with Gasteiger partial charge in [0.25, 0.3) is 23.1 Å². The largest absolute Gasteiger partial charge is 0.283 e. The minimum Gasteiger partial charge on any atom is -0.268 e. The summed E-state index contributed by atoms with van der Waals surface area (Å²) in [5, 5.41) is 19.2. The number of nitrogens with one attached hydrogen (secondary N) is 1. The molecule has 0 spiro atoms. The van der Waals surface area contributed by atoms with Crippen LogP contribution in [0.3, 0.4) is 0 Å². The molecule has 5 rings (SSSR count). The number of aromatic amines is 1. The van der Waals surface area contributed by atoms with Crippen molar-refractivity contribution >= 4 is 34.0 Å². The lowest BCUT2D eigenvalue weighted by Crippen LogP contribution is -2.29. The molecule has 0 atom stereocenters. The molecular weight excluding hydrogens is 412 g/mol. The molecule has 2 amide bonds. The normalized spacial score (nSPS) is 12.9. The first-order valence-corrected chi connectivity index (χ1v) is 9.67. The van der Waals surface area contributed by atoms with Gasteiger partial charge in [0.05, 0.1) is 27.3 Å². The van der Waals surface area contributed by atoms with Crippen LogP contribution in [0.25, 0.3) is 10.8 Å². The summed E-state index contributed by atoms with van der Waals surface area (Å²) in [4.78, 5) is 49.5. The van der Waals surface area contributed by atoms with E-state index in [0.29, 0.717) is 28.6 Å². The smallest absolute Gasteiger partial charge is 0.268 e. The van der Waals surface area contributed by atoms with E-state index in [2.05, 4.69) is 10.2 Å². The molecular formula is C23H14N4O5. The topological polar surface area (TPSA) is 126 Å². The lowest BCUT2D eigenvalue weighted by atomic mass is 10.0. The van der Waals surface area contributed by atoms with Crippen LogP contribution < -0.4 is 10.5 Å². The Labute approximate surface area is 180 Å². The van der Waals surface area contributed by atoms with Crippen molar-refractivity contribution in [2.24, 2.45) is 0 Å². The predicted molar refractivity (Wildman–Crippen MR) is 116 cm³/mol. The molecule has 0 unspecified atom stereocenters. The minimum absolute atomic E-state index is 0.00268. The Hall–Kier alpha value is -4.66. The number of H-pyrrole nitrogens is 1. The van der Waals surface area contributed by atoms with E-state index >= 15 is 0 Å². The molecule has 1 aromatic heterocycles. The summed E-state index contributed by atoms with van der Waals surface area (Å²) in [5.74, 6) is -1.35. The molecule has 9 nitrogen and oxygen atoms in total. The molecule has 1 N–H and O–H groups in total. The number of nitro groups is 1. The van der Waals surface area contributed by atoms with Gasteiger partial charge in [-0.1, -0.05) is 36.4 Å². The summed E-state index contributed by atoms with van der Waals surface area (Å²) in [6.45, 7) is 0. The standard InChI is InChI=1S/C23H14N4O5/c28-21-16-8-2-1-7-15(16)18(24-25-21)12-13-5-3-6-14(11-13)26-22(29)17-9-4-10-19(27(31)32)20(17)23(26)30/h1-11H,12H2,(H,25,28). The maximum Gasteiger partial charge on any atom is 0.283 e. The van der Waals surface area contributed by atoms with Crippen molar-refractivity contribution in [3.05, 3.63) is 110 Å². The van der Waals surface area contributed by atoms with E-state index in [0.717, 1.165) is 10.5 Å². The number of carbonyl (C=O) groups excluding carboxylic acids is 2. The summed E-state index contributed by atoms with van der Waals surface area (Å²) in [5.41, 5.74) is 0.795. The highest BCUT2D eigenvalue weighted by molar-refractivity contribution is 6.35. The number of nitrogens with zero attached hydrogens (tertiary/aromatic N) is 3. The third-order valence-electron chi connectivity index (χ3n) is 5.40. The third kappa shape index (κ3) is 2.95. The van der Waals surface area contributed by atoms with Gasteiger partial charge < -0.3 is 0 Å². The maximum atomic E-state index is 13.0. The number of fused-ring (bicyclic) bond motifs is 2. The molecule has 32 heavy (non-hydrogen) atoms. The maximum absolute atomic E-state index is 13.0. The first-order chi connectivity index (χ1) is 15.5. The highest BCUT2D eigenvalue weighted by Crippen LogP contribution is 2.34. The van der Waals surface area contributed by atoms with Crippen LogP contribution in [-0.2, 0) is 6.42 Å². The first kappa shape index (κ1) is 19.3. The molecule has 1 aliphatic heterocycles. The van der Waals surface area contributed by atoms with Crippen LogP contribution in [0.4, 0.5) is 11.4 Å². The number of hydrogen-bond acceptors (Lipinski definition) is 6. The Balaban J connectivity index is 1.53. The molecule has 9 heteroatoms. The molecule has 0 fully saturated rings. The summed E-state index contributed by atoms with van der Waals surface area (Å²) < 4.78 is 0. The number of benzene rings is 3. The van der Waals surface area contributed by atoms with Crippen molar-refractivity contribution in [2.45, 2.75) is 6.42 Å². The highest BCUT2D eigenvalue weighted by Gasteiger charge is 2.41. The monoisotopic (exact) mass is 426 g/mol. The van der Waals surface area contributed by atoms with Gasteiger partial charge in [-0.3, -0.25) is 24.5 Å². The zero-order valence-corrected chi connectivity index (χ0v) is 16.4. The van der Waals surface area contributed by atoms with Gasteiger partial charge in [0.15, 0.2) is 0 Å². The number of nitro benzene ring substituents is 1. The minimum atomic E-state index is -0.734. The molecule has 156 valence electrons. The lowest BCUT2D eigenvalue weighted by molar-refractivity contribution is -0.385. The van der Waals surface area contributed by atoms with Crippen molar-refractivity contribution in [1.29, 1.82) is 0 Å². The molecule has 3 aromatic carbocycles. The summed E-state index contributed by atoms with van der Waals surface area (Å²) >= 11 is 0. The van der Waals surface area contributed by atoms with Crippen molar-refractivity contribution in [3.8, 4) is 0 Å². The van der Waals surface area contributed by atoms with Gasteiger partial charge in [-0.15, -0.1) is 0 Å². The van der Waals surface area contributed by atoms with Crippen molar-refractivity contribution in [2.75, 3.05) is 4.90 Å². The molecule has 1 aliphatic rings. The molecule has 0 bridgehead atoms. The van der Waals surface area contributed by atoms with Crippen LogP contribution in [0.5, 0.6) is 0 Å². The number of carbonyl (C=O) groups is 2. The highest BCUT2D eigenvalue weighted by atomic mass is 16.6. The molecule has 0 saturated heterocycles. The average molecular weight is 426 g/mol. The van der Waals surface area contributed by atoms with Crippen LogP contribution in [0, 0.1) is 10.1 Å². The fourth-order valence-corrected chi connectivity index (χ4v) is 3.96. The molecule has 0 radical (unpaired) electrons. The van der Waals surface area contributed by atoms with Gasteiger partial charge in [0, 0.05) is 17.9 Å². The van der Waals surface area contributed by atoms with Gasteiger partial charge in [0.1, 0.15) is 5.56 Å². The molecule has 2 heterocycles. The van der Waals surface area contributed by atoms with E-state index < -0.39 is 22.4 Å². The van der Waals surface area contributed by atoms with Crippen molar-refractivity contribution in [3.63, 3.8) is 0 Å². The fraction of sp³-hybridized carbons (Fsp3) is 0.0435. The number of imide groups is 1. The number of aromatic nitrogens is 2. The Bertz CT molecular complexity index is 1510. The van der Waals surface area contributed by atoms with Gasteiger partial charge >= 0.3 is 0 Å². The predicted octanol–water partition coefficient (Wildman–Crippen LogP) is 3.22. The SMILES string of the molecule is O=C1c2cccc([N+](=O)[O-])c2C(=O)N1c1cccc(Cc2n[nH]c(=O)c3ccccc23)c1. The average Bonchev–Trinajstić information content (AvgIpc) is 3.06. The van der Waals surface area contributed by atoms with E-state index in [1.807, 2.05) is 12.1 Å². The van der Waals surface area contributed by atoms with E-state index in [-0.39, 0.29) is 16.7 Å². The Morgan fingerprint density at radius 1 is 0.906 bits per heavy atom. The van der Waals surface area contributed by atoms with E-state index in [1.165, 1.54) is 18.2 Å². The lowest BCUT2D eigenvalue weighted by Gasteiger charge is -2.15. The first-order valence-electron chi connectivity index (χ1n) is 9.67. The van der Waals surface area contributed by atoms with Crippen LogP contribution in [0.15, 0.2) is 71.5 Å². The Morgan fingerprint density at radius 2 is 1.66 bits per heavy atom. The summed E-state index contributed by atoms with van der Waals surface area (Å²) in [6.07, 6.45) is 0.342.